The highest BCUT2D eigenvalue weighted by atomic mass is 16.6. The van der Waals surface area contributed by atoms with Gasteiger partial charge in [0.25, 0.3) is 0 Å². The van der Waals surface area contributed by atoms with Crippen LogP contribution in [0.5, 0.6) is 0 Å². The lowest BCUT2D eigenvalue weighted by molar-refractivity contribution is -0.129. The summed E-state index contributed by atoms with van der Waals surface area (Å²) in [6.45, 7) is 11.8. The highest BCUT2D eigenvalue weighted by Gasteiger charge is 2.39. The third-order valence-electron chi connectivity index (χ3n) is 5.56. The van der Waals surface area contributed by atoms with Gasteiger partial charge in [0.05, 0.1) is 17.6 Å². The molecule has 0 spiro atoms. The first kappa shape index (κ1) is 26.3. The average Bonchev–Trinajstić information content (AvgIpc) is 2.65. The highest BCUT2D eigenvalue weighted by Crippen LogP contribution is 2.21. The van der Waals surface area contributed by atoms with Crippen molar-refractivity contribution >= 4 is 17.7 Å². The summed E-state index contributed by atoms with van der Waals surface area (Å²) in [5.41, 5.74) is -1.72. The van der Waals surface area contributed by atoms with Crippen LogP contribution in [-0.2, 0) is 14.3 Å². The second-order valence-electron chi connectivity index (χ2n) is 9.41. The van der Waals surface area contributed by atoms with Crippen LogP contribution in [0.2, 0.25) is 0 Å². The van der Waals surface area contributed by atoms with Crippen molar-refractivity contribution in [3.05, 3.63) is 12.2 Å². The molecular formula is C23H41N3O4. The molecule has 0 aromatic heterocycles. The molecule has 172 valence electrons. The van der Waals surface area contributed by atoms with Crippen molar-refractivity contribution in [2.75, 3.05) is 26.7 Å². The van der Waals surface area contributed by atoms with E-state index >= 15 is 0 Å². The first-order chi connectivity index (χ1) is 13.9. The maximum atomic E-state index is 13.3. The summed E-state index contributed by atoms with van der Waals surface area (Å²) in [5, 5.41) is 6.57. The van der Waals surface area contributed by atoms with Crippen LogP contribution in [0.3, 0.4) is 0 Å². The van der Waals surface area contributed by atoms with Gasteiger partial charge in [-0.3, -0.25) is 14.9 Å². The smallest absolute Gasteiger partial charge is 0.409 e. The fraction of sp³-hybridized carbons (Fsp3) is 0.783. The number of ketones is 2. The number of carbonyl (C=O) groups is 3. The van der Waals surface area contributed by atoms with E-state index in [1.165, 1.54) is 4.90 Å². The summed E-state index contributed by atoms with van der Waals surface area (Å²) in [5.74, 6) is -0.0963. The van der Waals surface area contributed by atoms with Crippen molar-refractivity contribution in [3.63, 3.8) is 0 Å². The van der Waals surface area contributed by atoms with E-state index in [2.05, 4.69) is 10.6 Å². The molecule has 1 rings (SSSR count). The third-order valence-corrected chi connectivity index (χ3v) is 5.56. The first-order valence-electron chi connectivity index (χ1n) is 11.0. The Balaban J connectivity index is 3.15. The van der Waals surface area contributed by atoms with E-state index in [1.807, 2.05) is 46.8 Å². The number of amides is 1. The molecule has 0 saturated heterocycles. The Morgan fingerprint density at radius 1 is 1.17 bits per heavy atom. The van der Waals surface area contributed by atoms with E-state index < -0.39 is 17.2 Å². The Morgan fingerprint density at radius 2 is 1.83 bits per heavy atom. The molecule has 0 saturated carbocycles. The number of hydrogen-bond donors (Lipinski definition) is 2. The molecule has 1 aliphatic rings. The Hall–Kier alpha value is -1.73. The van der Waals surface area contributed by atoms with Crippen LogP contribution in [0.4, 0.5) is 4.79 Å². The minimum atomic E-state index is -0.969. The number of nitrogens with one attached hydrogen (secondary N) is 2. The predicted octanol–water partition coefficient (Wildman–Crippen LogP) is 3.08. The van der Waals surface area contributed by atoms with Crippen molar-refractivity contribution in [2.24, 2.45) is 5.92 Å². The fourth-order valence-electron chi connectivity index (χ4n) is 3.95. The average molecular weight is 424 g/mol. The van der Waals surface area contributed by atoms with Gasteiger partial charge in [-0.05, 0) is 47.0 Å². The minimum Gasteiger partial charge on any atom is -0.445 e. The van der Waals surface area contributed by atoms with Crippen LogP contribution in [0.15, 0.2) is 12.2 Å². The number of likely N-dealkylation sites (N-methyl/N-ethyl adjacent to an activating group) is 1. The van der Waals surface area contributed by atoms with Gasteiger partial charge >= 0.3 is 6.09 Å². The highest BCUT2D eigenvalue weighted by molar-refractivity contribution is 5.93. The van der Waals surface area contributed by atoms with Gasteiger partial charge < -0.3 is 15.0 Å². The quantitative estimate of drug-likeness (QED) is 0.676. The maximum absolute atomic E-state index is 13.3. The summed E-state index contributed by atoms with van der Waals surface area (Å²) >= 11 is 0. The summed E-state index contributed by atoms with van der Waals surface area (Å²) in [6.07, 6.45) is 6.69. The second kappa shape index (κ2) is 11.6. The largest absolute Gasteiger partial charge is 0.445 e. The Bertz CT molecular complexity index is 632. The zero-order valence-corrected chi connectivity index (χ0v) is 19.8. The van der Waals surface area contributed by atoms with Gasteiger partial charge in [-0.25, -0.2) is 4.79 Å². The van der Waals surface area contributed by atoms with E-state index in [0.717, 1.165) is 19.3 Å². The van der Waals surface area contributed by atoms with Crippen LogP contribution in [0.25, 0.3) is 0 Å². The van der Waals surface area contributed by atoms with E-state index in [0.29, 0.717) is 6.42 Å². The van der Waals surface area contributed by atoms with Crippen LogP contribution in [-0.4, -0.2) is 66.4 Å². The number of Topliss-reactive ketones (excluding diaryl/α,β-unsaturated/α-hetero) is 2. The van der Waals surface area contributed by atoms with Crippen LogP contribution in [0.1, 0.15) is 67.2 Å². The Kier molecular flexibility index (Phi) is 10.2. The molecule has 0 unspecified atom stereocenters. The van der Waals surface area contributed by atoms with Crippen molar-refractivity contribution in [1.29, 1.82) is 0 Å². The van der Waals surface area contributed by atoms with E-state index in [9.17, 15) is 14.4 Å². The lowest BCUT2D eigenvalue weighted by atomic mass is 9.83. The normalized spacial score (nSPS) is 29.2. The van der Waals surface area contributed by atoms with Gasteiger partial charge in [0, 0.05) is 25.6 Å². The molecule has 7 nitrogen and oxygen atoms in total. The molecule has 1 aliphatic heterocycles. The van der Waals surface area contributed by atoms with Crippen molar-refractivity contribution < 1.29 is 19.1 Å². The van der Waals surface area contributed by atoms with Crippen molar-refractivity contribution in [3.8, 4) is 0 Å². The maximum Gasteiger partial charge on any atom is 0.409 e. The molecule has 30 heavy (non-hydrogen) atoms. The van der Waals surface area contributed by atoms with Crippen LogP contribution >= 0.6 is 0 Å². The molecule has 0 fully saturated rings. The van der Waals surface area contributed by atoms with Crippen molar-refractivity contribution in [1.82, 2.24) is 15.5 Å². The second-order valence-corrected chi connectivity index (χ2v) is 9.41. The number of rotatable bonds is 4. The molecular weight excluding hydrogens is 382 g/mol. The molecule has 0 radical (unpaired) electrons. The zero-order chi connectivity index (χ0) is 22.9. The van der Waals surface area contributed by atoms with Gasteiger partial charge in [-0.1, -0.05) is 32.4 Å². The number of cyclic esters (lactones) is 1. The number of ether oxygens (including phenoxy) is 1. The van der Waals surface area contributed by atoms with E-state index in [1.54, 1.807) is 14.0 Å². The third kappa shape index (κ3) is 7.84. The monoisotopic (exact) mass is 423 g/mol. The molecule has 1 amide bonds. The van der Waals surface area contributed by atoms with Gasteiger partial charge in [-0.15, -0.1) is 0 Å². The summed E-state index contributed by atoms with van der Waals surface area (Å²) in [4.78, 5) is 39.9. The molecule has 0 bridgehead atoms. The van der Waals surface area contributed by atoms with Gasteiger partial charge in [0.15, 0.2) is 11.6 Å². The molecule has 7 heteroatoms. The summed E-state index contributed by atoms with van der Waals surface area (Å²) in [7, 11) is 1.63. The molecule has 0 aliphatic carbocycles. The SMILES string of the molecule is CC(C)N[C@]1(C)CN(C)C(=O)OC/C=C/CCCC[C@@](C)(C(=O)C(C)C)NCC1=O. The fourth-order valence-corrected chi connectivity index (χ4v) is 3.95. The van der Waals surface area contributed by atoms with Crippen LogP contribution in [0, 0.1) is 5.92 Å². The molecule has 2 atom stereocenters. The van der Waals surface area contributed by atoms with E-state index in [-0.39, 0.29) is 43.2 Å². The Morgan fingerprint density at radius 3 is 2.43 bits per heavy atom. The minimum absolute atomic E-state index is 0.0422. The van der Waals surface area contributed by atoms with Gasteiger partial charge in [0.1, 0.15) is 6.61 Å². The summed E-state index contributed by atoms with van der Waals surface area (Å²) < 4.78 is 5.28. The predicted molar refractivity (Wildman–Crippen MR) is 120 cm³/mol. The standard InChI is InChI=1S/C23H41N3O4/c1-17(2)20(28)22(5)13-11-9-8-10-12-14-30-21(29)26(7)16-23(6,25-18(3)4)19(27)15-24-22/h10,12,17-18,24-25H,8-9,11,13-16H2,1-7H3/b12-10+/t22-,23+/m0/s1. The van der Waals surface area contributed by atoms with Crippen molar-refractivity contribution in [2.45, 2.75) is 84.3 Å². The zero-order valence-electron chi connectivity index (χ0n) is 19.8. The van der Waals surface area contributed by atoms with Gasteiger partial charge in [-0.2, -0.15) is 0 Å². The van der Waals surface area contributed by atoms with E-state index in [4.69, 9.17) is 4.74 Å². The topological polar surface area (TPSA) is 87.7 Å². The first-order valence-corrected chi connectivity index (χ1v) is 11.0. The lowest BCUT2D eigenvalue weighted by Crippen LogP contribution is -2.63. The number of allylic oxidation sites excluding steroid dienone is 1. The molecule has 0 aromatic carbocycles. The number of hydrogen-bond acceptors (Lipinski definition) is 6. The number of nitrogens with zero attached hydrogens (tertiary/aromatic N) is 1. The van der Waals surface area contributed by atoms with Gasteiger partial charge in [0.2, 0.25) is 0 Å². The molecule has 0 aromatic rings. The number of carbonyl (C=O) groups excluding carboxylic acids is 3. The Labute approximate surface area is 182 Å². The molecule has 1 heterocycles. The lowest BCUT2D eigenvalue weighted by Gasteiger charge is -2.37. The summed E-state index contributed by atoms with van der Waals surface area (Å²) in [6, 6.07) is 0.0422. The molecule has 2 N–H and O–H groups in total. The van der Waals surface area contributed by atoms with Crippen LogP contribution < -0.4 is 10.6 Å².